The van der Waals surface area contributed by atoms with Crippen molar-refractivity contribution in [2.24, 2.45) is 0 Å². The first-order valence-corrected chi connectivity index (χ1v) is 8.43. The quantitative estimate of drug-likeness (QED) is 0.418. The Labute approximate surface area is 155 Å². The molecule has 7 nitrogen and oxygen atoms in total. The van der Waals surface area contributed by atoms with E-state index in [1.54, 1.807) is 18.3 Å². The van der Waals surface area contributed by atoms with Gasteiger partial charge >= 0.3 is 0 Å². The van der Waals surface area contributed by atoms with Crippen LogP contribution in [0.25, 0.3) is 22.0 Å². The first-order valence-electron chi connectivity index (χ1n) is 8.43. The van der Waals surface area contributed by atoms with Gasteiger partial charge in [0.15, 0.2) is 5.82 Å². The highest BCUT2D eigenvalue weighted by atomic mass is 16.1. The Balaban J connectivity index is 1.54. The highest BCUT2D eigenvalue weighted by Gasteiger charge is 2.08. The maximum Gasteiger partial charge on any atom is 0.229 e. The number of carbonyl (C=O) groups is 1. The second kappa shape index (κ2) is 6.80. The van der Waals surface area contributed by atoms with E-state index in [4.69, 9.17) is 11.5 Å². The predicted molar refractivity (Wildman–Crippen MR) is 107 cm³/mol. The summed E-state index contributed by atoms with van der Waals surface area (Å²) in [5.41, 5.74) is 15.9. The van der Waals surface area contributed by atoms with Crippen molar-refractivity contribution < 1.29 is 4.79 Å². The lowest BCUT2D eigenvalue weighted by Gasteiger charge is -2.08. The van der Waals surface area contributed by atoms with Crippen LogP contribution in [-0.4, -0.2) is 21.1 Å². The van der Waals surface area contributed by atoms with Gasteiger partial charge in [-0.2, -0.15) is 5.10 Å². The van der Waals surface area contributed by atoms with Crippen LogP contribution in [0.3, 0.4) is 0 Å². The SMILES string of the molecule is Nc1cccc(CC(=O)Nc2cc(-c3ccc4[nH]nc(N)c4c3)ccn2)c1. The van der Waals surface area contributed by atoms with Crippen LogP contribution in [0.15, 0.2) is 60.8 Å². The minimum atomic E-state index is -0.153. The maximum atomic E-state index is 12.3. The number of rotatable bonds is 4. The lowest BCUT2D eigenvalue weighted by Crippen LogP contribution is -2.15. The predicted octanol–water partition coefficient (Wildman–Crippen LogP) is 2.97. The fourth-order valence-corrected chi connectivity index (χ4v) is 2.97. The number of carbonyl (C=O) groups excluding carboxylic acids is 1. The fourth-order valence-electron chi connectivity index (χ4n) is 2.97. The van der Waals surface area contributed by atoms with Gasteiger partial charge in [0.2, 0.25) is 5.91 Å². The fraction of sp³-hybridized carbons (Fsp3) is 0.0500. The molecule has 2 aromatic carbocycles. The van der Waals surface area contributed by atoms with Crippen molar-refractivity contribution in [2.75, 3.05) is 16.8 Å². The second-order valence-corrected chi connectivity index (χ2v) is 6.27. The smallest absolute Gasteiger partial charge is 0.229 e. The van der Waals surface area contributed by atoms with Gasteiger partial charge in [0.05, 0.1) is 11.9 Å². The molecule has 0 saturated heterocycles. The summed E-state index contributed by atoms with van der Waals surface area (Å²) in [5.74, 6) is 0.790. The number of nitrogens with two attached hydrogens (primary N) is 2. The van der Waals surface area contributed by atoms with Gasteiger partial charge in [-0.25, -0.2) is 4.98 Å². The molecule has 1 amide bonds. The van der Waals surface area contributed by atoms with Crippen molar-refractivity contribution in [1.29, 1.82) is 0 Å². The third kappa shape index (κ3) is 3.57. The minimum Gasteiger partial charge on any atom is -0.399 e. The molecule has 0 radical (unpaired) electrons. The average Bonchev–Trinajstić information content (AvgIpc) is 3.02. The lowest BCUT2D eigenvalue weighted by molar-refractivity contribution is -0.115. The summed E-state index contributed by atoms with van der Waals surface area (Å²) >= 11 is 0. The van der Waals surface area contributed by atoms with Crippen LogP contribution in [0.4, 0.5) is 17.3 Å². The van der Waals surface area contributed by atoms with Gasteiger partial charge < -0.3 is 16.8 Å². The van der Waals surface area contributed by atoms with Gasteiger partial charge in [-0.1, -0.05) is 18.2 Å². The first kappa shape index (κ1) is 16.6. The molecule has 0 bridgehead atoms. The van der Waals surface area contributed by atoms with Crippen LogP contribution in [-0.2, 0) is 11.2 Å². The van der Waals surface area contributed by atoms with Crippen LogP contribution >= 0.6 is 0 Å². The Kier molecular flexibility index (Phi) is 4.18. The van der Waals surface area contributed by atoms with Crippen molar-refractivity contribution in [3.8, 4) is 11.1 Å². The van der Waals surface area contributed by atoms with Gasteiger partial charge in [0.1, 0.15) is 5.82 Å². The Morgan fingerprint density at radius 3 is 2.74 bits per heavy atom. The number of anilines is 3. The largest absolute Gasteiger partial charge is 0.399 e. The Morgan fingerprint density at radius 1 is 1.04 bits per heavy atom. The molecular formula is C20H18N6O. The van der Waals surface area contributed by atoms with Gasteiger partial charge in [-0.15, -0.1) is 0 Å². The summed E-state index contributed by atoms with van der Waals surface area (Å²) in [6, 6.07) is 16.8. The second-order valence-electron chi connectivity index (χ2n) is 6.27. The standard InChI is InChI=1S/C20H18N6O/c21-15-3-1-2-12(8-15)9-19(27)24-18-11-14(6-7-23-18)13-4-5-17-16(10-13)20(22)26-25-17/h1-8,10-11H,9,21H2,(H3,22,25,26)(H,23,24,27). The van der Waals surface area contributed by atoms with Crippen LogP contribution in [0, 0.1) is 0 Å². The van der Waals surface area contributed by atoms with E-state index in [0.717, 1.165) is 27.6 Å². The van der Waals surface area contributed by atoms with E-state index >= 15 is 0 Å². The van der Waals surface area contributed by atoms with Crippen molar-refractivity contribution in [3.05, 3.63) is 66.4 Å². The highest BCUT2D eigenvalue weighted by Crippen LogP contribution is 2.27. The molecule has 0 atom stereocenters. The normalized spacial score (nSPS) is 10.8. The number of amides is 1. The van der Waals surface area contributed by atoms with Gasteiger partial charge in [-0.3, -0.25) is 9.89 Å². The molecule has 0 saturated carbocycles. The molecule has 7 heteroatoms. The molecule has 6 N–H and O–H groups in total. The number of aromatic amines is 1. The van der Waals surface area contributed by atoms with Crippen LogP contribution < -0.4 is 16.8 Å². The molecule has 0 aliphatic heterocycles. The Hall–Kier alpha value is -3.87. The molecule has 0 aliphatic carbocycles. The number of nitrogens with one attached hydrogen (secondary N) is 2. The number of benzene rings is 2. The molecule has 0 spiro atoms. The molecule has 0 unspecified atom stereocenters. The zero-order chi connectivity index (χ0) is 18.8. The van der Waals surface area contributed by atoms with Gasteiger partial charge in [0.25, 0.3) is 0 Å². The monoisotopic (exact) mass is 358 g/mol. The van der Waals surface area contributed by atoms with E-state index in [2.05, 4.69) is 20.5 Å². The molecule has 0 fully saturated rings. The Morgan fingerprint density at radius 2 is 1.89 bits per heavy atom. The average molecular weight is 358 g/mol. The third-order valence-corrected chi connectivity index (χ3v) is 4.27. The number of H-pyrrole nitrogens is 1. The molecular weight excluding hydrogens is 340 g/mol. The number of pyridine rings is 1. The number of fused-ring (bicyclic) bond motifs is 1. The third-order valence-electron chi connectivity index (χ3n) is 4.27. The highest BCUT2D eigenvalue weighted by molar-refractivity contribution is 5.94. The molecule has 4 rings (SSSR count). The summed E-state index contributed by atoms with van der Waals surface area (Å²) in [7, 11) is 0. The number of aromatic nitrogens is 3. The molecule has 4 aromatic rings. The van der Waals surface area contributed by atoms with E-state index in [1.165, 1.54) is 0 Å². The summed E-state index contributed by atoms with van der Waals surface area (Å²) in [6.07, 6.45) is 1.89. The minimum absolute atomic E-state index is 0.153. The van der Waals surface area contributed by atoms with Crippen LogP contribution in [0.2, 0.25) is 0 Å². The zero-order valence-corrected chi connectivity index (χ0v) is 14.4. The summed E-state index contributed by atoms with van der Waals surface area (Å²) in [6.45, 7) is 0. The van der Waals surface area contributed by atoms with E-state index in [9.17, 15) is 4.79 Å². The van der Waals surface area contributed by atoms with Crippen molar-refractivity contribution in [1.82, 2.24) is 15.2 Å². The number of nitrogen functional groups attached to an aromatic ring is 2. The van der Waals surface area contributed by atoms with E-state index < -0.39 is 0 Å². The lowest BCUT2D eigenvalue weighted by atomic mass is 10.0. The summed E-state index contributed by atoms with van der Waals surface area (Å²) < 4.78 is 0. The molecule has 134 valence electrons. The van der Waals surface area contributed by atoms with E-state index in [-0.39, 0.29) is 12.3 Å². The van der Waals surface area contributed by atoms with Crippen molar-refractivity contribution in [3.63, 3.8) is 0 Å². The maximum absolute atomic E-state index is 12.3. The molecule has 2 aromatic heterocycles. The number of nitrogens with zero attached hydrogens (tertiary/aromatic N) is 2. The zero-order valence-electron chi connectivity index (χ0n) is 14.4. The topological polar surface area (TPSA) is 123 Å². The Bertz CT molecular complexity index is 1130. The van der Waals surface area contributed by atoms with Gasteiger partial charge in [-0.05, 0) is 53.1 Å². The molecule has 2 heterocycles. The van der Waals surface area contributed by atoms with Crippen molar-refractivity contribution in [2.45, 2.75) is 6.42 Å². The summed E-state index contributed by atoms with van der Waals surface area (Å²) in [4.78, 5) is 16.5. The molecule has 27 heavy (non-hydrogen) atoms. The number of hydrogen-bond acceptors (Lipinski definition) is 5. The van der Waals surface area contributed by atoms with Gasteiger partial charge in [0, 0.05) is 17.3 Å². The first-order chi connectivity index (χ1) is 13.1. The summed E-state index contributed by atoms with van der Waals surface area (Å²) in [5, 5.41) is 10.6. The van der Waals surface area contributed by atoms with Crippen LogP contribution in [0.5, 0.6) is 0 Å². The van der Waals surface area contributed by atoms with Crippen molar-refractivity contribution >= 4 is 34.1 Å². The van der Waals surface area contributed by atoms with E-state index in [1.807, 2.05) is 42.5 Å². The van der Waals surface area contributed by atoms with E-state index in [0.29, 0.717) is 17.3 Å². The van der Waals surface area contributed by atoms with Crippen LogP contribution in [0.1, 0.15) is 5.56 Å². The number of hydrogen-bond donors (Lipinski definition) is 4. The molecule has 0 aliphatic rings.